The molecule has 0 aliphatic carbocycles. The maximum Gasteiger partial charge on any atom is 0.323 e. The molecule has 0 saturated heterocycles. The Morgan fingerprint density at radius 3 is 2.52 bits per heavy atom. The fourth-order valence-electron chi connectivity index (χ4n) is 1.99. The highest BCUT2D eigenvalue weighted by molar-refractivity contribution is 7.92. The van der Waals surface area contributed by atoms with Crippen LogP contribution in [-0.4, -0.2) is 18.4 Å². The molecule has 2 aromatic carbocycles. The van der Waals surface area contributed by atoms with Gasteiger partial charge in [0.25, 0.3) is 10.0 Å². The standard InChI is InChI=1S/C13H12N4O3S/c14-8-2-1-3-10(6-8)21(19,20)17-9-4-5-11-12(7-9)16-13(18)15-11/h1-7,17H,14H2,(H2,15,16,18). The van der Waals surface area contributed by atoms with Crippen molar-refractivity contribution in [3.05, 3.63) is 52.9 Å². The van der Waals surface area contributed by atoms with Gasteiger partial charge in [-0.3, -0.25) is 4.72 Å². The number of rotatable bonds is 3. The third kappa shape index (κ3) is 2.61. The summed E-state index contributed by atoms with van der Waals surface area (Å²) >= 11 is 0. The molecule has 0 aliphatic rings. The third-order valence-corrected chi connectivity index (χ3v) is 4.32. The van der Waals surface area contributed by atoms with Crippen molar-refractivity contribution in [2.75, 3.05) is 10.5 Å². The number of anilines is 2. The van der Waals surface area contributed by atoms with Crippen molar-refractivity contribution in [3.63, 3.8) is 0 Å². The normalized spacial score (nSPS) is 11.6. The zero-order valence-corrected chi connectivity index (χ0v) is 11.6. The second-order valence-corrected chi connectivity index (χ2v) is 6.20. The molecule has 1 heterocycles. The quantitative estimate of drug-likeness (QED) is 0.544. The summed E-state index contributed by atoms with van der Waals surface area (Å²) in [5.74, 6) is 0. The van der Waals surface area contributed by atoms with Crippen LogP contribution in [0.15, 0.2) is 52.2 Å². The zero-order valence-electron chi connectivity index (χ0n) is 10.8. The number of aromatic nitrogens is 2. The van der Waals surface area contributed by atoms with Gasteiger partial charge in [0, 0.05) is 5.69 Å². The summed E-state index contributed by atoms with van der Waals surface area (Å²) in [6.45, 7) is 0. The summed E-state index contributed by atoms with van der Waals surface area (Å²) < 4.78 is 26.9. The van der Waals surface area contributed by atoms with E-state index in [1.54, 1.807) is 24.3 Å². The van der Waals surface area contributed by atoms with E-state index >= 15 is 0 Å². The maximum atomic E-state index is 12.2. The van der Waals surface area contributed by atoms with Gasteiger partial charge in [0.1, 0.15) is 0 Å². The lowest BCUT2D eigenvalue weighted by atomic mass is 10.3. The number of nitrogens with two attached hydrogens (primary N) is 1. The second kappa shape index (κ2) is 4.67. The van der Waals surface area contributed by atoms with Crippen molar-refractivity contribution in [3.8, 4) is 0 Å². The summed E-state index contributed by atoms with van der Waals surface area (Å²) in [6, 6.07) is 10.7. The van der Waals surface area contributed by atoms with E-state index in [4.69, 9.17) is 5.73 Å². The molecule has 21 heavy (non-hydrogen) atoms. The minimum atomic E-state index is -3.73. The van der Waals surface area contributed by atoms with Crippen molar-refractivity contribution in [1.29, 1.82) is 0 Å². The summed E-state index contributed by atoms with van der Waals surface area (Å²) in [5, 5.41) is 0. The van der Waals surface area contributed by atoms with Gasteiger partial charge in [0.15, 0.2) is 0 Å². The van der Waals surface area contributed by atoms with Crippen LogP contribution in [0.2, 0.25) is 0 Å². The molecule has 0 saturated carbocycles. The molecule has 0 atom stereocenters. The van der Waals surface area contributed by atoms with Crippen LogP contribution in [0.5, 0.6) is 0 Å². The maximum absolute atomic E-state index is 12.2. The number of fused-ring (bicyclic) bond motifs is 1. The lowest BCUT2D eigenvalue weighted by molar-refractivity contribution is 0.601. The molecule has 3 aromatic rings. The highest BCUT2D eigenvalue weighted by Gasteiger charge is 2.14. The van der Waals surface area contributed by atoms with Crippen molar-refractivity contribution in [1.82, 2.24) is 9.97 Å². The number of benzene rings is 2. The number of sulfonamides is 1. The Bertz CT molecular complexity index is 972. The number of nitrogens with one attached hydrogen (secondary N) is 3. The van der Waals surface area contributed by atoms with E-state index in [0.717, 1.165) is 0 Å². The van der Waals surface area contributed by atoms with E-state index in [1.807, 2.05) is 0 Å². The van der Waals surface area contributed by atoms with E-state index in [0.29, 0.717) is 22.4 Å². The number of imidazole rings is 1. The molecule has 7 nitrogen and oxygen atoms in total. The molecular formula is C13H12N4O3S. The molecule has 1 aromatic heterocycles. The Balaban J connectivity index is 1.98. The van der Waals surface area contributed by atoms with Crippen LogP contribution in [0.1, 0.15) is 0 Å². The zero-order chi connectivity index (χ0) is 15.0. The van der Waals surface area contributed by atoms with Gasteiger partial charge in [0.2, 0.25) is 0 Å². The highest BCUT2D eigenvalue weighted by Crippen LogP contribution is 2.20. The first-order valence-electron chi connectivity index (χ1n) is 6.04. The molecule has 0 aliphatic heterocycles. The molecular weight excluding hydrogens is 292 g/mol. The summed E-state index contributed by atoms with van der Waals surface area (Å²) in [6.07, 6.45) is 0. The molecule has 3 rings (SSSR count). The van der Waals surface area contributed by atoms with Crippen LogP contribution in [0.3, 0.4) is 0 Å². The van der Waals surface area contributed by atoms with Crippen LogP contribution >= 0.6 is 0 Å². The van der Waals surface area contributed by atoms with Crippen molar-refractivity contribution >= 4 is 32.4 Å². The molecule has 0 bridgehead atoms. The Kier molecular flexibility index (Phi) is 2.95. The number of aromatic amines is 2. The molecule has 5 N–H and O–H groups in total. The summed E-state index contributed by atoms with van der Waals surface area (Å²) in [5.41, 5.74) is 7.08. The fourth-order valence-corrected chi connectivity index (χ4v) is 3.10. The van der Waals surface area contributed by atoms with Gasteiger partial charge < -0.3 is 15.7 Å². The van der Waals surface area contributed by atoms with Crippen molar-refractivity contribution in [2.24, 2.45) is 0 Å². The smallest absolute Gasteiger partial charge is 0.323 e. The molecule has 0 unspecified atom stereocenters. The monoisotopic (exact) mass is 304 g/mol. The number of hydrogen-bond donors (Lipinski definition) is 4. The lowest BCUT2D eigenvalue weighted by Gasteiger charge is -2.08. The molecule has 0 amide bonds. The number of H-pyrrole nitrogens is 2. The first kappa shape index (κ1) is 13.3. The lowest BCUT2D eigenvalue weighted by Crippen LogP contribution is -2.13. The van der Waals surface area contributed by atoms with Crippen molar-refractivity contribution < 1.29 is 8.42 Å². The second-order valence-electron chi connectivity index (χ2n) is 4.52. The minimum absolute atomic E-state index is 0.0742. The van der Waals surface area contributed by atoms with E-state index in [-0.39, 0.29) is 10.6 Å². The van der Waals surface area contributed by atoms with Gasteiger partial charge in [0.05, 0.1) is 21.6 Å². The molecule has 8 heteroatoms. The SMILES string of the molecule is Nc1cccc(S(=O)(=O)Nc2ccc3[nH]c(=O)[nH]c3c2)c1. The van der Waals surface area contributed by atoms with Crippen LogP contribution in [0, 0.1) is 0 Å². The topological polar surface area (TPSA) is 121 Å². The minimum Gasteiger partial charge on any atom is -0.399 e. The van der Waals surface area contributed by atoms with Gasteiger partial charge >= 0.3 is 5.69 Å². The summed E-state index contributed by atoms with van der Waals surface area (Å²) in [7, 11) is -3.73. The average molecular weight is 304 g/mol. The first-order valence-corrected chi connectivity index (χ1v) is 7.53. The van der Waals surface area contributed by atoms with Crippen LogP contribution in [0.4, 0.5) is 11.4 Å². The first-order chi connectivity index (χ1) is 9.94. The predicted molar refractivity (Wildman–Crippen MR) is 80.6 cm³/mol. The molecule has 0 radical (unpaired) electrons. The van der Waals surface area contributed by atoms with Gasteiger partial charge in [-0.25, -0.2) is 13.2 Å². The average Bonchev–Trinajstić information content (AvgIpc) is 2.77. The van der Waals surface area contributed by atoms with Gasteiger partial charge in [-0.15, -0.1) is 0 Å². The van der Waals surface area contributed by atoms with Gasteiger partial charge in [-0.1, -0.05) is 6.07 Å². The van der Waals surface area contributed by atoms with E-state index in [9.17, 15) is 13.2 Å². The Morgan fingerprint density at radius 1 is 1.00 bits per heavy atom. The number of nitrogen functional groups attached to an aromatic ring is 1. The van der Waals surface area contributed by atoms with E-state index < -0.39 is 10.0 Å². The highest BCUT2D eigenvalue weighted by atomic mass is 32.2. The van der Waals surface area contributed by atoms with E-state index in [2.05, 4.69) is 14.7 Å². The van der Waals surface area contributed by atoms with Gasteiger partial charge in [-0.2, -0.15) is 0 Å². The third-order valence-electron chi connectivity index (χ3n) is 2.94. The van der Waals surface area contributed by atoms with Crippen LogP contribution in [-0.2, 0) is 10.0 Å². The van der Waals surface area contributed by atoms with Crippen molar-refractivity contribution in [2.45, 2.75) is 4.90 Å². The Morgan fingerprint density at radius 2 is 1.76 bits per heavy atom. The Hall–Kier alpha value is -2.74. The Labute approximate surface area is 119 Å². The molecule has 108 valence electrons. The van der Waals surface area contributed by atoms with Gasteiger partial charge in [-0.05, 0) is 36.4 Å². The van der Waals surface area contributed by atoms with Crippen LogP contribution in [0.25, 0.3) is 11.0 Å². The largest absolute Gasteiger partial charge is 0.399 e. The van der Waals surface area contributed by atoms with Crippen LogP contribution < -0.4 is 16.1 Å². The fraction of sp³-hybridized carbons (Fsp3) is 0. The molecule has 0 spiro atoms. The summed E-state index contributed by atoms with van der Waals surface area (Å²) in [4.78, 5) is 16.4. The van der Waals surface area contributed by atoms with E-state index in [1.165, 1.54) is 18.2 Å². The predicted octanol–water partition coefficient (Wildman–Crippen LogP) is 1.24. The number of hydrogen-bond acceptors (Lipinski definition) is 4. The molecule has 0 fully saturated rings.